The lowest BCUT2D eigenvalue weighted by atomic mass is 9.77. The summed E-state index contributed by atoms with van der Waals surface area (Å²) < 4.78 is 12.2. The van der Waals surface area contributed by atoms with Crippen LogP contribution in [0.15, 0.2) is 4.42 Å². The van der Waals surface area contributed by atoms with Gasteiger partial charge in [-0.3, -0.25) is 4.79 Å². The Labute approximate surface area is 160 Å². The molecular formula is C20H30N4O3. The van der Waals surface area contributed by atoms with Crippen molar-refractivity contribution in [2.75, 3.05) is 24.6 Å². The van der Waals surface area contributed by atoms with Crippen LogP contribution < -0.4 is 10.2 Å². The molecule has 3 saturated carbocycles. The average Bonchev–Trinajstić information content (AvgIpc) is 3.13. The van der Waals surface area contributed by atoms with Gasteiger partial charge >= 0.3 is 6.01 Å². The summed E-state index contributed by atoms with van der Waals surface area (Å²) in [5.74, 6) is 3.17. The lowest BCUT2D eigenvalue weighted by molar-refractivity contribution is -0.122. The SMILES string of the molecule is CC(=O)N[C@@H]1C[C@@H]2CN(c3nnc(C4CCC4)o3)C[C@@H]2C[C@H]1OCC1CC1. The summed E-state index contributed by atoms with van der Waals surface area (Å²) >= 11 is 0. The van der Waals surface area contributed by atoms with E-state index in [4.69, 9.17) is 9.15 Å². The highest BCUT2D eigenvalue weighted by Crippen LogP contribution is 2.41. The second kappa shape index (κ2) is 7.08. The molecule has 2 heterocycles. The number of rotatable bonds is 6. The largest absolute Gasteiger partial charge is 0.408 e. The van der Waals surface area contributed by atoms with Crippen LogP contribution in [0, 0.1) is 17.8 Å². The summed E-state index contributed by atoms with van der Waals surface area (Å²) in [6.07, 6.45) is 8.29. The highest BCUT2D eigenvalue weighted by molar-refractivity contribution is 5.73. The molecule has 4 aliphatic rings. The van der Waals surface area contributed by atoms with Crippen molar-refractivity contribution >= 4 is 11.9 Å². The molecule has 3 aliphatic carbocycles. The maximum Gasteiger partial charge on any atom is 0.318 e. The second-order valence-electron chi connectivity index (χ2n) is 9.07. The standard InChI is InChI=1S/C20H30N4O3/c1-12(25)21-17-7-15-9-24(20-23-22-19(27-20)14-3-2-4-14)10-16(15)8-18(17)26-11-13-5-6-13/h13-18H,2-11H2,1H3,(H,21,25)/t15-,16+,17-,18-/m1/s1. The molecule has 4 atom stereocenters. The van der Waals surface area contributed by atoms with E-state index in [0.717, 1.165) is 44.3 Å². The molecule has 0 bridgehead atoms. The third kappa shape index (κ3) is 3.71. The van der Waals surface area contributed by atoms with Gasteiger partial charge < -0.3 is 19.4 Å². The molecule has 0 unspecified atom stereocenters. The minimum Gasteiger partial charge on any atom is -0.408 e. The van der Waals surface area contributed by atoms with E-state index in [1.807, 2.05) is 0 Å². The number of amides is 1. The van der Waals surface area contributed by atoms with E-state index in [-0.39, 0.29) is 18.1 Å². The van der Waals surface area contributed by atoms with Crippen LogP contribution in [0.3, 0.4) is 0 Å². The topological polar surface area (TPSA) is 80.5 Å². The highest BCUT2D eigenvalue weighted by Gasteiger charge is 2.44. The van der Waals surface area contributed by atoms with Crippen LogP contribution in [0.1, 0.15) is 63.7 Å². The Morgan fingerprint density at radius 1 is 1.19 bits per heavy atom. The van der Waals surface area contributed by atoms with Crippen molar-refractivity contribution in [2.45, 2.75) is 69.9 Å². The highest BCUT2D eigenvalue weighted by atomic mass is 16.5. The van der Waals surface area contributed by atoms with Gasteiger partial charge in [-0.25, -0.2) is 0 Å². The quantitative estimate of drug-likeness (QED) is 0.824. The molecule has 27 heavy (non-hydrogen) atoms. The van der Waals surface area contributed by atoms with Crippen molar-refractivity contribution in [3.8, 4) is 0 Å². The van der Waals surface area contributed by atoms with Gasteiger partial charge in [-0.2, -0.15) is 0 Å². The summed E-state index contributed by atoms with van der Waals surface area (Å²) in [5, 5.41) is 11.8. The fraction of sp³-hybridized carbons (Fsp3) is 0.850. The maximum atomic E-state index is 11.7. The number of nitrogens with zero attached hydrogens (tertiary/aromatic N) is 3. The average molecular weight is 374 g/mol. The second-order valence-corrected chi connectivity index (χ2v) is 9.07. The van der Waals surface area contributed by atoms with Crippen molar-refractivity contribution in [1.29, 1.82) is 0 Å². The molecule has 1 aliphatic heterocycles. The summed E-state index contributed by atoms with van der Waals surface area (Å²) in [7, 11) is 0. The normalized spacial score (nSPS) is 33.6. The van der Waals surface area contributed by atoms with Crippen molar-refractivity contribution in [3.05, 3.63) is 5.89 Å². The van der Waals surface area contributed by atoms with Crippen LogP contribution in [0.5, 0.6) is 0 Å². The van der Waals surface area contributed by atoms with Gasteiger partial charge in [0.2, 0.25) is 11.8 Å². The number of hydrogen-bond acceptors (Lipinski definition) is 6. The molecule has 1 N–H and O–H groups in total. The first-order valence-corrected chi connectivity index (χ1v) is 10.6. The Hall–Kier alpha value is -1.63. The van der Waals surface area contributed by atoms with Crippen LogP contribution in [0.4, 0.5) is 6.01 Å². The molecule has 1 aromatic rings. The molecular weight excluding hydrogens is 344 g/mol. The summed E-state index contributed by atoms with van der Waals surface area (Å²) in [4.78, 5) is 13.9. The molecule has 1 aromatic heterocycles. The van der Waals surface area contributed by atoms with E-state index in [1.54, 1.807) is 6.92 Å². The van der Waals surface area contributed by atoms with Gasteiger partial charge in [-0.05, 0) is 56.3 Å². The molecule has 4 fully saturated rings. The minimum atomic E-state index is 0.0374. The van der Waals surface area contributed by atoms with Crippen molar-refractivity contribution < 1.29 is 13.9 Å². The number of aromatic nitrogens is 2. The first-order chi connectivity index (χ1) is 13.2. The molecule has 148 valence electrons. The van der Waals surface area contributed by atoms with Crippen LogP contribution in [0.25, 0.3) is 0 Å². The zero-order chi connectivity index (χ0) is 18.4. The van der Waals surface area contributed by atoms with Gasteiger partial charge in [0.05, 0.1) is 12.1 Å². The Bertz CT molecular complexity index is 685. The smallest absolute Gasteiger partial charge is 0.318 e. The third-order valence-electron chi connectivity index (χ3n) is 6.90. The number of hydrogen-bond donors (Lipinski definition) is 1. The van der Waals surface area contributed by atoms with Crippen molar-refractivity contribution in [3.63, 3.8) is 0 Å². The molecule has 1 saturated heterocycles. The predicted molar refractivity (Wildman–Crippen MR) is 99.4 cm³/mol. The predicted octanol–water partition coefficient (Wildman–Crippen LogP) is 2.48. The van der Waals surface area contributed by atoms with Gasteiger partial charge in [0, 0.05) is 32.5 Å². The summed E-state index contributed by atoms with van der Waals surface area (Å²) in [6, 6.07) is 0.800. The Morgan fingerprint density at radius 2 is 1.96 bits per heavy atom. The van der Waals surface area contributed by atoms with Gasteiger partial charge in [-0.1, -0.05) is 11.5 Å². The maximum absolute atomic E-state index is 11.7. The lowest BCUT2D eigenvalue weighted by Crippen LogP contribution is -2.50. The van der Waals surface area contributed by atoms with Gasteiger partial charge in [0.15, 0.2) is 0 Å². The lowest BCUT2D eigenvalue weighted by Gasteiger charge is -2.38. The number of anilines is 1. The summed E-state index contributed by atoms with van der Waals surface area (Å²) in [6.45, 7) is 4.33. The minimum absolute atomic E-state index is 0.0374. The van der Waals surface area contributed by atoms with Gasteiger partial charge in [0.25, 0.3) is 0 Å². The van der Waals surface area contributed by atoms with E-state index in [2.05, 4.69) is 20.4 Å². The Kier molecular flexibility index (Phi) is 4.58. The van der Waals surface area contributed by atoms with Crippen LogP contribution >= 0.6 is 0 Å². The zero-order valence-corrected chi connectivity index (χ0v) is 16.1. The van der Waals surface area contributed by atoms with Crippen molar-refractivity contribution in [2.24, 2.45) is 17.8 Å². The number of carbonyl (C=O) groups is 1. The van der Waals surface area contributed by atoms with Crippen LogP contribution in [0.2, 0.25) is 0 Å². The van der Waals surface area contributed by atoms with E-state index < -0.39 is 0 Å². The number of ether oxygens (including phenoxy) is 1. The fourth-order valence-electron chi connectivity index (χ4n) is 4.89. The molecule has 0 radical (unpaired) electrons. The van der Waals surface area contributed by atoms with E-state index >= 15 is 0 Å². The van der Waals surface area contributed by atoms with E-state index in [1.165, 1.54) is 32.1 Å². The van der Waals surface area contributed by atoms with Crippen LogP contribution in [-0.4, -0.2) is 47.9 Å². The van der Waals surface area contributed by atoms with Gasteiger partial charge in [0.1, 0.15) is 0 Å². The number of nitrogens with one attached hydrogen (secondary N) is 1. The first kappa shape index (κ1) is 17.5. The molecule has 0 aromatic carbocycles. The molecule has 0 spiro atoms. The monoisotopic (exact) mass is 374 g/mol. The number of carbonyl (C=O) groups excluding carboxylic acids is 1. The van der Waals surface area contributed by atoms with Crippen LogP contribution in [-0.2, 0) is 9.53 Å². The Morgan fingerprint density at radius 3 is 2.63 bits per heavy atom. The van der Waals surface area contributed by atoms with Crippen molar-refractivity contribution in [1.82, 2.24) is 15.5 Å². The van der Waals surface area contributed by atoms with E-state index in [0.29, 0.717) is 23.8 Å². The zero-order valence-electron chi connectivity index (χ0n) is 16.1. The molecule has 7 heteroatoms. The first-order valence-electron chi connectivity index (χ1n) is 10.6. The van der Waals surface area contributed by atoms with E-state index in [9.17, 15) is 4.79 Å². The third-order valence-corrected chi connectivity index (χ3v) is 6.90. The Balaban J connectivity index is 1.24. The fourth-order valence-corrected chi connectivity index (χ4v) is 4.89. The molecule has 1 amide bonds. The molecule has 5 rings (SSSR count). The molecule has 7 nitrogen and oxygen atoms in total. The van der Waals surface area contributed by atoms with Gasteiger partial charge in [-0.15, -0.1) is 5.10 Å². The number of fused-ring (bicyclic) bond motifs is 1. The summed E-state index contributed by atoms with van der Waals surface area (Å²) in [5.41, 5.74) is 0.